The molecular weight excluding hydrogens is 458 g/mol. The number of aromatic nitrogens is 1. The zero-order valence-corrected chi connectivity index (χ0v) is 19.9. The molecule has 0 radical (unpaired) electrons. The Morgan fingerprint density at radius 1 is 1.09 bits per heavy atom. The predicted molar refractivity (Wildman–Crippen MR) is 123 cm³/mol. The van der Waals surface area contributed by atoms with Crippen LogP contribution in [0.1, 0.15) is 31.2 Å². The Balaban J connectivity index is 1.27. The fourth-order valence-corrected chi connectivity index (χ4v) is 5.48. The van der Waals surface area contributed by atoms with Crippen LogP contribution in [0.15, 0.2) is 53.7 Å². The number of nitrogens with zero attached hydrogens (tertiary/aromatic N) is 3. The fourth-order valence-electron chi connectivity index (χ4n) is 4.05. The summed E-state index contributed by atoms with van der Waals surface area (Å²) in [6.45, 7) is 0.586. The number of rotatable bonds is 9. The van der Waals surface area contributed by atoms with Gasteiger partial charge in [-0.3, -0.25) is 14.6 Å². The second kappa shape index (κ2) is 10.5. The highest BCUT2D eigenvalue weighted by Gasteiger charge is 2.35. The lowest BCUT2D eigenvalue weighted by Crippen LogP contribution is -2.41. The van der Waals surface area contributed by atoms with Crippen molar-refractivity contribution in [2.45, 2.75) is 43.2 Å². The standard InChI is InChI=1S/C24H29N3O6S/c1-32-21-8-4-18(5-9-21)16-27(20-6-7-20)23(28)17-33-24(29)19-10-13-26(14-11-19)34(30,31)22-3-2-12-25-15-22/h2-5,8-9,12,15,19-20H,6-7,10-11,13-14,16-17H2,1H3. The summed E-state index contributed by atoms with van der Waals surface area (Å²) in [6, 6.07) is 10.8. The number of carbonyl (C=O) groups is 2. The number of hydrogen-bond donors (Lipinski definition) is 0. The van der Waals surface area contributed by atoms with E-state index in [-0.39, 0.29) is 36.5 Å². The van der Waals surface area contributed by atoms with E-state index in [4.69, 9.17) is 9.47 Å². The van der Waals surface area contributed by atoms with E-state index in [9.17, 15) is 18.0 Å². The van der Waals surface area contributed by atoms with Crippen LogP contribution in [0.2, 0.25) is 0 Å². The van der Waals surface area contributed by atoms with E-state index in [0.29, 0.717) is 19.4 Å². The van der Waals surface area contributed by atoms with Crippen molar-refractivity contribution in [2.24, 2.45) is 5.92 Å². The summed E-state index contributed by atoms with van der Waals surface area (Å²) in [4.78, 5) is 31.2. The smallest absolute Gasteiger partial charge is 0.309 e. The van der Waals surface area contributed by atoms with Crippen LogP contribution in [0.4, 0.5) is 0 Å². The SMILES string of the molecule is COc1ccc(CN(C(=O)COC(=O)C2CCN(S(=O)(=O)c3cccnc3)CC2)C2CC2)cc1. The molecule has 0 atom stereocenters. The predicted octanol–water partition coefficient (Wildman–Crippen LogP) is 2.23. The van der Waals surface area contributed by atoms with Crippen molar-refractivity contribution in [3.8, 4) is 5.75 Å². The number of esters is 1. The molecule has 0 spiro atoms. The van der Waals surface area contributed by atoms with E-state index in [1.807, 2.05) is 24.3 Å². The van der Waals surface area contributed by atoms with Crippen LogP contribution in [0.5, 0.6) is 5.75 Å². The molecule has 4 rings (SSSR count). The highest BCUT2D eigenvalue weighted by atomic mass is 32.2. The highest BCUT2D eigenvalue weighted by molar-refractivity contribution is 7.89. The lowest BCUT2D eigenvalue weighted by Gasteiger charge is -2.30. The molecule has 1 saturated heterocycles. The van der Waals surface area contributed by atoms with E-state index in [1.54, 1.807) is 18.1 Å². The quantitative estimate of drug-likeness (QED) is 0.499. The van der Waals surface area contributed by atoms with Gasteiger partial charge in [0.15, 0.2) is 6.61 Å². The molecule has 10 heteroatoms. The van der Waals surface area contributed by atoms with Gasteiger partial charge in [-0.2, -0.15) is 4.31 Å². The Hall–Kier alpha value is -2.98. The molecule has 1 aromatic carbocycles. The van der Waals surface area contributed by atoms with Gasteiger partial charge in [0.2, 0.25) is 10.0 Å². The number of hydrogen-bond acceptors (Lipinski definition) is 7. The minimum Gasteiger partial charge on any atom is -0.497 e. The maximum Gasteiger partial charge on any atom is 0.309 e. The topological polar surface area (TPSA) is 106 Å². The molecule has 0 bridgehead atoms. The van der Waals surface area contributed by atoms with Crippen LogP contribution < -0.4 is 4.74 Å². The fraction of sp³-hybridized carbons (Fsp3) is 0.458. The van der Waals surface area contributed by atoms with E-state index < -0.39 is 21.9 Å². The third-order valence-electron chi connectivity index (χ3n) is 6.22. The van der Waals surface area contributed by atoms with Crippen molar-refractivity contribution < 1.29 is 27.5 Å². The number of sulfonamides is 1. The van der Waals surface area contributed by atoms with Gasteiger partial charge in [0.1, 0.15) is 10.6 Å². The number of ether oxygens (including phenoxy) is 2. The first-order valence-corrected chi connectivity index (χ1v) is 12.8. The van der Waals surface area contributed by atoms with Gasteiger partial charge in [-0.15, -0.1) is 0 Å². The van der Waals surface area contributed by atoms with Gasteiger partial charge in [0, 0.05) is 38.1 Å². The third kappa shape index (κ3) is 5.74. The van der Waals surface area contributed by atoms with Gasteiger partial charge in [-0.05, 0) is 55.5 Å². The Bertz CT molecular complexity index is 1100. The molecule has 0 N–H and O–H groups in total. The van der Waals surface area contributed by atoms with Crippen LogP contribution in [0, 0.1) is 5.92 Å². The van der Waals surface area contributed by atoms with Gasteiger partial charge in [-0.1, -0.05) is 12.1 Å². The first-order chi connectivity index (χ1) is 16.4. The summed E-state index contributed by atoms with van der Waals surface area (Å²) < 4.78 is 37.3. The molecule has 2 fully saturated rings. The van der Waals surface area contributed by atoms with Crippen LogP contribution in [-0.2, 0) is 30.9 Å². The van der Waals surface area contributed by atoms with Crippen molar-refractivity contribution in [1.82, 2.24) is 14.2 Å². The van der Waals surface area contributed by atoms with Gasteiger partial charge in [-0.25, -0.2) is 8.42 Å². The zero-order valence-electron chi connectivity index (χ0n) is 19.1. The number of amides is 1. The normalized spacial score (nSPS) is 17.2. The molecule has 182 valence electrons. The maximum absolute atomic E-state index is 12.8. The summed E-state index contributed by atoms with van der Waals surface area (Å²) in [5.74, 6) is -0.347. The molecule has 1 aliphatic carbocycles. The largest absolute Gasteiger partial charge is 0.497 e. The van der Waals surface area contributed by atoms with Crippen molar-refractivity contribution in [1.29, 1.82) is 0 Å². The number of pyridine rings is 1. The monoisotopic (exact) mass is 487 g/mol. The van der Waals surface area contributed by atoms with Crippen molar-refractivity contribution in [2.75, 3.05) is 26.8 Å². The van der Waals surface area contributed by atoms with Crippen molar-refractivity contribution >= 4 is 21.9 Å². The minimum absolute atomic E-state index is 0.138. The average molecular weight is 488 g/mol. The van der Waals surface area contributed by atoms with E-state index in [2.05, 4.69) is 4.98 Å². The molecule has 9 nitrogen and oxygen atoms in total. The molecule has 34 heavy (non-hydrogen) atoms. The summed E-state index contributed by atoms with van der Waals surface area (Å²) in [7, 11) is -2.03. The molecule has 2 aliphatic rings. The molecule has 1 saturated carbocycles. The third-order valence-corrected chi connectivity index (χ3v) is 8.10. The summed E-state index contributed by atoms with van der Waals surface area (Å²) in [6.07, 6.45) is 5.43. The van der Waals surface area contributed by atoms with Crippen LogP contribution in [0.25, 0.3) is 0 Å². The summed E-state index contributed by atoms with van der Waals surface area (Å²) in [5, 5.41) is 0. The molecule has 1 amide bonds. The number of methoxy groups -OCH3 is 1. The first kappa shape index (κ1) is 24.2. The minimum atomic E-state index is -3.63. The number of benzene rings is 1. The van der Waals surface area contributed by atoms with E-state index >= 15 is 0 Å². The lowest BCUT2D eigenvalue weighted by atomic mass is 9.98. The zero-order chi connectivity index (χ0) is 24.1. The Morgan fingerprint density at radius 2 is 1.79 bits per heavy atom. The molecule has 1 aliphatic heterocycles. The molecule has 2 aromatic rings. The van der Waals surface area contributed by atoms with Crippen LogP contribution >= 0.6 is 0 Å². The molecular formula is C24H29N3O6S. The Kier molecular flexibility index (Phi) is 7.47. The summed E-state index contributed by atoms with van der Waals surface area (Å²) in [5.41, 5.74) is 0.981. The van der Waals surface area contributed by atoms with Crippen molar-refractivity contribution in [3.05, 3.63) is 54.4 Å². The van der Waals surface area contributed by atoms with Gasteiger partial charge < -0.3 is 14.4 Å². The highest BCUT2D eigenvalue weighted by Crippen LogP contribution is 2.29. The Morgan fingerprint density at radius 3 is 2.38 bits per heavy atom. The molecule has 2 heterocycles. The van der Waals surface area contributed by atoms with Gasteiger partial charge in [0.25, 0.3) is 5.91 Å². The van der Waals surface area contributed by atoms with Gasteiger partial charge in [0.05, 0.1) is 13.0 Å². The number of piperidine rings is 1. The van der Waals surface area contributed by atoms with Crippen LogP contribution in [-0.4, -0.2) is 67.3 Å². The summed E-state index contributed by atoms with van der Waals surface area (Å²) >= 11 is 0. The lowest BCUT2D eigenvalue weighted by molar-refractivity contribution is -0.157. The average Bonchev–Trinajstić information content (AvgIpc) is 3.72. The molecule has 1 aromatic heterocycles. The maximum atomic E-state index is 12.8. The first-order valence-electron chi connectivity index (χ1n) is 11.4. The second-order valence-electron chi connectivity index (χ2n) is 8.58. The second-order valence-corrected chi connectivity index (χ2v) is 10.5. The van der Waals surface area contributed by atoms with Gasteiger partial charge >= 0.3 is 5.97 Å². The molecule has 0 unspecified atom stereocenters. The van der Waals surface area contributed by atoms with E-state index in [0.717, 1.165) is 24.2 Å². The van der Waals surface area contributed by atoms with Crippen LogP contribution in [0.3, 0.4) is 0 Å². The van der Waals surface area contributed by atoms with E-state index in [1.165, 1.54) is 22.8 Å². The number of carbonyl (C=O) groups excluding carboxylic acids is 2. The van der Waals surface area contributed by atoms with Crippen molar-refractivity contribution in [3.63, 3.8) is 0 Å². The Labute approximate surface area is 199 Å².